The molecule has 0 saturated heterocycles. The van der Waals surface area contributed by atoms with Crippen molar-refractivity contribution in [2.24, 2.45) is 0 Å². The second-order valence-corrected chi connectivity index (χ2v) is 4.21. The van der Waals surface area contributed by atoms with Gasteiger partial charge in [0, 0.05) is 12.7 Å². The van der Waals surface area contributed by atoms with Gasteiger partial charge in [-0.3, -0.25) is 0 Å². The van der Waals surface area contributed by atoms with Gasteiger partial charge < -0.3 is 10.1 Å². The van der Waals surface area contributed by atoms with Crippen LogP contribution in [-0.2, 0) is 6.42 Å². The first kappa shape index (κ1) is 14.7. The van der Waals surface area contributed by atoms with Crippen LogP contribution in [0.25, 0.3) is 0 Å². The Morgan fingerprint density at radius 2 is 2.00 bits per heavy atom. The molecule has 0 aliphatic heterocycles. The third-order valence-corrected chi connectivity index (χ3v) is 2.78. The predicted octanol–water partition coefficient (Wildman–Crippen LogP) is 3.21. The van der Waals surface area contributed by atoms with Crippen LogP contribution in [0.15, 0.2) is 42.6 Å². The van der Waals surface area contributed by atoms with Crippen molar-refractivity contribution in [3.8, 4) is 11.8 Å². The van der Waals surface area contributed by atoms with Gasteiger partial charge in [-0.25, -0.2) is 4.98 Å². The van der Waals surface area contributed by atoms with Crippen LogP contribution in [-0.4, -0.2) is 18.1 Å². The highest BCUT2D eigenvalue weighted by Crippen LogP contribution is 2.15. The summed E-state index contributed by atoms with van der Waals surface area (Å²) in [6.45, 7) is -2.23. The molecule has 4 nitrogen and oxygen atoms in total. The van der Waals surface area contributed by atoms with Crippen molar-refractivity contribution in [3.05, 3.63) is 53.7 Å². The number of hydrogen-bond donors (Lipinski definition) is 1. The summed E-state index contributed by atoms with van der Waals surface area (Å²) in [4.78, 5) is 4.09. The van der Waals surface area contributed by atoms with E-state index >= 15 is 0 Å². The van der Waals surface area contributed by atoms with E-state index in [2.05, 4.69) is 21.1 Å². The van der Waals surface area contributed by atoms with Crippen molar-refractivity contribution in [1.82, 2.24) is 4.98 Å². The van der Waals surface area contributed by atoms with Crippen molar-refractivity contribution in [2.75, 3.05) is 11.9 Å². The topological polar surface area (TPSA) is 57.9 Å². The SMILES string of the molecule is N#Cc1cccnc1NCCc1ccc(OC(F)F)cc1. The summed E-state index contributed by atoms with van der Waals surface area (Å²) in [6.07, 6.45) is 2.29. The van der Waals surface area contributed by atoms with Gasteiger partial charge >= 0.3 is 6.61 Å². The fraction of sp³-hybridized carbons (Fsp3) is 0.200. The number of anilines is 1. The number of alkyl halides is 2. The lowest BCUT2D eigenvalue weighted by Crippen LogP contribution is -2.07. The van der Waals surface area contributed by atoms with Crippen molar-refractivity contribution >= 4 is 5.82 Å². The maximum atomic E-state index is 12.0. The number of hydrogen-bond acceptors (Lipinski definition) is 4. The van der Waals surface area contributed by atoms with E-state index in [1.807, 2.05) is 0 Å². The summed E-state index contributed by atoms with van der Waals surface area (Å²) < 4.78 is 28.3. The minimum absolute atomic E-state index is 0.137. The van der Waals surface area contributed by atoms with E-state index in [-0.39, 0.29) is 5.75 Å². The molecule has 2 aromatic rings. The molecule has 1 aromatic carbocycles. The number of nitrogens with one attached hydrogen (secondary N) is 1. The third kappa shape index (κ3) is 4.42. The Hall–Kier alpha value is -2.68. The molecular formula is C15H13F2N3O. The number of pyridine rings is 1. The van der Waals surface area contributed by atoms with Gasteiger partial charge in [-0.05, 0) is 36.2 Å². The minimum Gasteiger partial charge on any atom is -0.435 e. The maximum absolute atomic E-state index is 12.0. The highest BCUT2D eigenvalue weighted by atomic mass is 19.3. The zero-order chi connectivity index (χ0) is 15.1. The van der Waals surface area contributed by atoms with E-state index in [0.717, 1.165) is 5.56 Å². The van der Waals surface area contributed by atoms with Crippen LogP contribution < -0.4 is 10.1 Å². The van der Waals surface area contributed by atoms with Crippen LogP contribution in [0.1, 0.15) is 11.1 Å². The summed E-state index contributed by atoms with van der Waals surface area (Å²) in [5, 5.41) is 12.0. The summed E-state index contributed by atoms with van der Waals surface area (Å²) in [5.74, 6) is 0.677. The Bertz CT molecular complexity index is 624. The molecule has 0 radical (unpaired) electrons. The zero-order valence-corrected chi connectivity index (χ0v) is 11.1. The zero-order valence-electron chi connectivity index (χ0n) is 11.1. The molecule has 0 spiro atoms. The molecule has 0 fully saturated rings. The quantitative estimate of drug-likeness (QED) is 0.887. The van der Waals surface area contributed by atoms with E-state index in [4.69, 9.17) is 5.26 Å². The van der Waals surface area contributed by atoms with Crippen LogP contribution in [0.2, 0.25) is 0 Å². The fourth-order valence-electron chi connectivity index (χ4n) is 1.80. The standard InChI is InChI=1S/C15H13F2N3O/c16-15(17)21-13-5-3-11(4-6-13)7-9-20-14-12(10-18)2-1-8-19-14/h1-6,8,15H,7,9H2,(H,19,20). The molecule has 0 saturated carbocycles. The van der Waals surface area contributed by atoms with E-state index in [9.17, 15) is 8.78 Å². The Labute approximate surface area is 121 Å². The first-order chi connectivity index (χ1) is 10.2. The first-order valence-corrected chi connectivity index (χ1v) is 6.32. The molecule has 2 rings (SSSR count). The fourth-order valence-corrected chi connectivity index (χ4v) is 1.80. The first-order valence-electron chi connectivity index (χ1n) is 6.32. The number of aromatic nitrogens is 1. The van der Waals surface area contributed by atoms with Gasteiger partial charge in [0.2, 0.25) is 0 Å². The summed E-state index contributed by atoms with van der Waals surface area (Å²) in [6, 6.07) is 11.9. The number of halogens is 2. The van der Waals surface area contributed by atoms with Gasteiger partial charge in [-0.1, -0.05) is 12.1 Å². The van der Waals surface area contributed by atoms with Gasteiger partial charge in [0.25, 0.3) is 0 Å². The Kier molecular flexibility index (Phi) is 5.04. The average molecular weight is 289 g/mol. The molecule has 108 valence electrons. The predicted molar refractivity (Wildman–Crippen MR) is 74.2 cm³/mol. The summed E-state index contributed by atoms with van der Waals surface area (Å²) in [7, 11) is 0. The lowest BCUT2D eigenvalue weighted by atomic mass is 10.1. The molecular weight excluding hydrogens is 276 g/mol. The molecule has 0 bridgehead atoms. The van der Waals surface area contributed by atoms with E-state index < -0.39 is 6.61 Å². The van der Waals surface area contributed by atoms with Gasteiger partial charge in [-0.2, -0.15) is 14.0 Å². The second-order valence-electron chi connectivity index (χ2n) is 4.21. The number of rotatable bonds is 6. The van der Waals surface area contributed by atoms with Gasteiger partial charge in [0.15, 0.2) is 0 Å². The molecule has 6 heteroatoms. The molecule has 1 N–H and O–H groups in total. The Morgan fingerprint density at radius 1 is 1.24 bits per heavy atom. The van der Waals surface area contributed by atoms with Gasteiger partial charge in [-0.15, -0.1) is 0 Å². The normalized spacial score (nSPS) is 10.2. The highest BCUT2D eigenvalue weighted by molar-refractivity contribution is 5.51. The van der Waals surface area contributed by atoms with E-state index in [0.29, 0.717) is 24.3 Å². The minimum atomic E-state index is -2.81. The highest BCUT2D eigenvalue weighted by Gasteiger charge is 2.04. The van der Waals surface area contributed by atoms with Crippen LogP contribution in [0.3, 0.4) is 0 Å². The van der Waals surface area contributed by atoms with Crippen LogP contribution in [0, 0.1) is 11.3 Å². The molecule has 1 aromatic heterocycles. The van der Waals surface area contributed by atoms with E-state index in [1.165, 1.54) is 12.1 Å². The molecule has 1 heterocycles. The second kappa shape index (κ2) is 7.20. The number of benzene rings is 1. The largest absolute Gasteiger partial charge is 0.435 e. The molecule has 0 aliphatic rings. The van der Waals surface area contributed by atoms with Crippen molar-refractivity contribution in [2.45, 2.75) is 13.0 Å². The van der Waals surface area contributed by atoms with E-state index in [1.54, 1.807) is 30.5 Å². The molecule has 0 atom stereocenters. The van der Waals surface area contributed by atoms with Crippen molar-refractivity contribution in [1.29, 1.82) is 5.26 Å². The molecule has 0 unspecified atom stereocenters. The van der Waals surface area contributed by atoms with Crippen LogP contribution in [0.4, 0.5) is 14.6 Å². The number of ether oxygens (including phenoxy) is 1. The molecule has 21 heavy (non-hydrogen) atoms. The van der Waals surface area contributed by atoms with Gasteiger partial charge in [0.05, 0.1) is 5.56 Å². The summed E-state index contributed by atoms with van der Waals surface area (Å²) >= 11 is 0. The smallest absolute Gasteiger partial charge is 0.387 e. The molecule has 0 amide bonds. The third-order valence-electron chi connectivity index (χ3n) is 2.78. The monoisotopic (exact) mass is 289 g/mol. The lowest BCUT2D eigenvalue weighted by molar-refractivity contribution is -0.0498. The average Bonchev–Trinajstić information content (AvgIpc) is 2.49. The summed E-state index contributed by atoms with van der Waals surface area (Å²) in [5.41, 5.74) is 1.46. The Morgan fingerprint density at radius 3 is 2.67 bits per heavy atom. The van der Waals surface area contributed by atoms with Crippen molar-refractivity contribution < 1.29 is 13.5 Å². The van der Waals surface area contributed by atoms with Crippen molar-refractivity contribution in [3.63, 3.8) is 0 Å². The lowest BCUT2D eigenvalue weighted by Gasteiger charge is -2.08. The van der Waals surface area contributed by atoms with Crippen LogP contribution >= 0.6 is 0 Å². The van der Waals surface area contributed by atoms with Gasteiger partial charge in [0.1, 0.15) is 17.6 Å². The van der Waals surface area contributed by atoms with Crippen LogP contribution in [0.5, 0.6) is 5.75 Å². The molecule has 0 aliphatic carbocycles. The Balaban J connectivity index is 1.87. The maximum Gasteiger partial charge on any atom is 0.387 e. The number of nitrogens with zero attached hydrogens (tertiary/aromatic N) is 2. The number of nitriles is 1.